The number of rotatable bonds is 6. The van der Waals surface area contributed by atoms with Gasteiger partial charge in [0.25, 0.3) is 0 Å². The van der Waals surface area contributed by atoms with Crippen molar-refractivity contribution < 1.29 is 9.59 Å². The van der Waals surface area contributed by atoms with Crippen LogP contribution in [0.2, 0.25) is 0 Å². The molecule has 1 aromatic heterocycles. The number of nitrogens with zero attached hydrogens (tertiary/aromatic N) is 2. The standard InChI is InChI=1S/C20H27N5O2/c1-15(2)18(26)24-17-6-4-16(5-7-17)14-22-19(27)20(8-11-21-12-9-20)25-13-3-10-23-25/h3-7,10,13,15,21H,8-9,11-12,14H2,1-2H3,(H,22,27)(H,24,26). The number of hydrogen-bond acceptors (Lipinski definition) is 4. The maximum Gasteiger partial charge on any atom is 0.248 e. The van der Waals surface area contributed by atoms with Gasteiger partial charge in [0.15, 0.2) is 0 Å². The van der Waals surface area contributed by atoms with Crippen LogP contribution in [0.1, 0.15) is 32.3 Å². The van der Waals surface area contributed by atoms with Gasteiger partial charge in [-0.25, -0.2) is 0 Å². The zero-order chi connectivity index (χ0) is 19.3. The van der Waals surface area contributed by atoms with Crippen molar-refractivity contribution >= 4 is 17.5 Å². The zero-order valence-electron chi connectivity index (χ0n) is 15.9. The van der Waals surface area contributed by atoms with Gasteiger partial charge < -0.3 is 16.0 Å². The van der Waals surface area contributed by atoms with E-state index in [9.17, 15) is 9.59 Å². The summed E-state index contributed by atoms with van der Waals surface area (Å²) >= 11 is 0. The van der Waals surface area contributed by atoms with Crippen molar-refractivity contribution in [1.82, 2.24) is 20.4 Å². The van der Waals surface area contributed by atoms with E-state index in [1.165, 1.54) is 0 Å². The van der Waals surface area contributed by atoms with Gasteiger partial charge in [0, 0.05) is 30.5 Å². The minimum Gasteiger partial charge on any atom is -0.350 e. The molecule has 144 valence electrons. The largest absolute Gasteiger partial charge is 0.350 e. The molecule has 0 spiro atoms. The van der Waals surface area contributed by atoms with Gasteiger partial charge in [0.2, 0.25) is 11.8 Å². The fourth-order valence-corrected chi connectivity index (χ4v) is 3.26. The third-order valence-corrected chi connectivity index (χ3v) is 5.00. The molecule has 0 atom stereocenters. The maximum atomic E-state index is 13.0. The van der Waals surface area contributed by atoms with Gasteiger partial charge in [-0.1, -0.05) is 26.0 Å². The molecule has 3 rings (SSSR count). The molecule has 1 aromatic carbocycles. The molecule has 7 heteroatoms. The molecule has 1 fully saturated rings. The summed E-state index contributed by atoms with van der Waals surface area (Å²) in [6.45, 7) is 5.73. The summed E-state index contributed by atoms with van der Waals surface area (Å²) in [7, 11) is 0. The van der Waals surface area contributed by atoms with E-state index in [4.69, 9.17) is 0 Å². The topological polar surface area (TPSA) is 88.1 Å². The Bertz CT molecular complexity index is 762. The predicted molar refractivity (Wildman–Crippen MR) is 104 cm³/mol. The first-order chi connectivity index (χ1) is 13.0. The van der Waals surface area contributed by atoms with E-state index in [0.717, 1.165) is 24.3 Å². The normalized spacial score (nSPS) is 16.1. The summed E-state index contributed by atoms with van der Waals surface area (Å²) in [5.41, 5.74) is 1.10. The van der Waals surface area contributed by atoms with Crippen molar-refractivity contribution in [3.05, 3.63) is 48.3 Å². The third kappa shape index (κ3) is 4.36. The van der Waals surface area contributed by atoms with Crippen LogP contribution in [0.15, 0.2) is 42.7 Å². The van der Waals surface area contributed by atoms with Crippen molar-refractivity contribution in [2.45, 2.75) is 38.8 Å². The molecule has 3 N–H and O–H groups in total. The van der Waals surface area contributed by atoms with E-state index in [1.807, 2.05) is 50.4 Å². The molecule has 1 aliphatic heterocycles. The van der Waals surface area contributed by atoms with Crippen molar-refractivity contribution in [3.8, 4) is 0 Å². The lowest BCUT2D eigenvalue weighted by atomic mass is 9.87. The van der Waals surface area contributed by atoms with Crippen LogP contribution in [0.3, 0.4) is 0 Å². The van der Waals surface area contributed by atoms with Crippen LogP contribution >= 0.6 is 0 Å². The fraction of sp³-hybridized carbons (Fsp3) is 0.450. The molecule has 0 radical (unpaired) electrons. The second-order valence-electron chi connectivity index (χ2n) is 7.26. The summed E-state index contributed by atoms with van der Waals surface area (Å²) in [4.78, 5) is 24.8. The number of aromatic nitrogens is 2. The Kier molecular flexibility index (Phi) is 5.91. The molecular formula is C20H27N5O2. The highest BCUT2D eigenvalue weighted by atomic mass is 16.2. The number of anilines is 1. The van der Waals surface area contributed by atoms with Crippen LogP contribution in [0.4, 0.5) is 5.69 Å². The Morgan fingerprint density at radius 2 is 1.93 bits per heavy atom. The Morgan fingerprint density at radius 1 is 1.22 bits per heavy atom. The highest BCUT2D eigenvalue weighted by molar-refractivity contribution is 5.92. The number of benzene rings is 1. The van der Waals surface area contributed by atoms with Crippen molar-refractivity contribution in [2.75, 3.05) is 18.4 Å². The summed E-state index contributed by atoms with van der Waals surface area (Å²) in [5.74, 6) is -0.0829. The average Bonchev–Trinajstić information content (AvgIpc) is 3.23. The Balaban J connectivity index is 1.63. The van der Waals surface area contributed by atoms with Crippen LogP contribution in [-0.4, -0.2) is 34.7 Å². The lowest BCUT2D eigenvalue weighted by Crippen LogP contribution is -2.54. The summed E-state index contributed by atoms with van der Waals surface area (Å²) in [6, 6.07) is 9.39. The molecule has 0 saturated carbocycles. The van der Waals surface area contributed by atoms with Crippen LogP contribution in [-0.2, 0) is 21.7 Å². The molecule has 1 saturated heterocycles. The van der Waals surface area contributed by atoms with Gasteiger partial charge in [-0.15, -0.1) is 0 Å². The van der Waals surface area contributed by atoms with Crippen molar-refractivity contribution in [2.24, 2.45) is 5.92 Å². The van der Waals surface area contributed by atoms with Crippen LogP contribution in [0.25, 0.3) is 0 Å². The van der Waals surface area contributed by atoms with Gasteiger partial charge in [0.05, 0.1) is 0 Å². The van der Waals surface area contributed by atoms with Crippen molar-refractivity contribution in [3.63, 3.8) is 0 Å². The van der Waals surface area contributed by atoms with E-state index in [-0.39, 0.29) is 17.7 Å². The monoisotopic (exact) mass is 369 g/mol. The number of carbonyl (C=O) groups is 2. The van der Waals surface area contributed by atoms with Crippen LogP contribution in [0.5, 0.6) is 0 Å². The minimum atomic E-state index is -0.639. The third-order valence-electron chi connectivity index (χ3n) is 5.00. The molecule has 2 amide bonds. The van der Waals surface area contributed by atoms with E-state index in [2.05, 4.69) is 21.0 Å². The average molecular weight is 369 g/mol. The highest BCUT2D eigenvalue weighted by Gasteiger charge is 2.41. The SMILES string of the molecule is CC(C)C(=O)Nc1ccc(CNC(=O)C2(n3cccn3)CCNCC2)cc1. The van der Waals surface area contributed by atoms with Gasteiger partial charge >= 0.3 is 0 Å². The maximum absolute atomic E-state index is 13.0. The van der Waals surface area contributed by atoms with Gasteiger partial charge in [-0.05, 0) is 49.7 Å². The number of nitrogens with one attached hydrogen (secondary N) is 3. The summed E-state index contributed by atoms with van der Waals surface area (Å²) in [6.07, 6.45) is 4.99. The molecular weight excluding hydrogens is 342 g/mol. The number of carbonyl (C=O) groups excluding carboxylic acids is 2. The van der Waals surface area contributed by atoms with Crippen molar-refractivity contribution in [1.29, 1.82) is 0 Å². The van der Waals surface area contributed by atoms with E-state index < -0.39 is 5.54 Å². The molecule has 7 nitrogen and oxygen atoms in total. The molecule has 2 heterocycles. The molecule has 2 aromatic rings. The summed E-state index contributed by atoms with van der Waals surface area (Å²) < 4.78 is 1.79. The number of piperidine rings is 1. The lowest BCUT2D eigenvalue weighted by Gasteiger charge is -2.36. The van der Waals surface area contributed by atoms with E-state index in [1.54, 1.807) is 10.9 Å². The lowest BCUT2D eigenvalue weighted by molar-refractivity contribution is -0.132. The van der Waals surface area contributed by atoms with Gasteiger partial charge in [-0.2, -0.15) is 5.10 Å². The van der Waals surface area contributed by atoms with Crippen LogP contribution in [0, 0.1) is 5.92 Å². The Labute approximate surface area is 159 Å². The predicted octanol–water partition coefficient (Wildman–Crippen LogP) is 1.87. The first kappa shape index (κ1) is 19.1. The van der Waals surface area contributed by atoms with Gasteiger partial charge in [0.1, 0.15) is 5.54 Å². The van der Waals surface area contributed by atoms with Crippen LogP contribution < -0.4 is 16.0 Å². The van der Waals surface area contributed by atoms with E-state index >= 15 is 0 Å². The molecule has 27 heavy (non-hydrogen) atoms. The zero-order valence-corrected chi connectivity index (χ0v) is 15.9. The highest BCUT2D eigenvalue weighted by Crippen LogP contribution is 2.27. The first-order valence-electron chi connectivity index (χ1n) is 9.40. The Morgan fingerprint density at radius 3 is 2.52 bits per heavy atom. The molecule has 0 unspecified atom stereocenters. The molecule has 1 aliphatic rings. The minimum absolute atomic E-state index is 0.00936. The molecule has 0 bridgehead atoms. The molecule has 0 aliphatic carbocycles. The van der Waals surface area contributed by atoms with E-state index in [0.29, 0.717) is 19.4 Å². The first-order valence-corrected chi connectivity index (χ1v) is 9.40. The summed E-state index contributed by atoms with van der Waals surface area (Å²) in [5, 5.41) is 13.6. The van der Waals surface area contributed by atoms with Gasteiger partial charge in [-0.3, -0.25) is 14.3 Å². The quantitative estimate of drug-likeness (QED) is 0.725. The number of hydrogen-bond donors (Lipinski definition) is 3. The smallest absolute Gasteiger partial charge is 0.248 e. The second kappa shape index (κ2) is 8.35. The fourth-order valence-electron chi connectivity index (χ4n) is 3.26. The second-order valence-corrected chi connectivity index (χ2v) is 7.26. The Hall–Kier alpha value is -2.67. The number of amides is 2.